The molecule has 1 saturated heterocycles. The second-order valence-electron chi connectivity index (χ2n) is 12.1. The molecule has 3 aromatic rings. The second-order valence-corrected chi connectivity index (χ2v) is 12.6. The van der Waals surface area contributed by atoms with Crippen LogP contribution in [-0.2, 0) is 21.6 Å². The van der Waals surface area contributed by atoms with Crippen LogP contribution in [-0.4, -0.2) is 53.3 Å². The molecule has 1 aliphatic carbocycles. The van der Waals surface area contributed by atoms with Gasteiger partial charge in [0.15, 0.2) is 0 Å². The minimum Gasteiger partial charge on any atom is -0.474 e. The molecule has 7 nitrogen and oxygen atoms in total. The van der Waals surface area contributed by atoms with Crippen LogP contribution < -0.4 is 9.47 Å². The van der Waals surface area contributed by atoms with E-state index in [-0.39, 0.29) is 12.1 Å². The van der Waals surface area contributed by atoms with Crippen LogP contribution in [0.4, 0.5) is 0 Å². The van der Waals surface area contributed by atoms with E-state index < -0.39 is 11.5 Å². The van der Waals surface area contributed by atoms with Gasteiger partial charge in [-0.3, -0.25) is 4.79 Å². The number of hydrogen-bond acceptors (Lipinski definition) is 7. The second kappa shape index (κ2) is 13.3. The Balaban J connectivity index is 1.22. The van der Waals surface area contributed by atoms with Gasteiger partial charge in [-0.15, -0.1) is 0 Å². The Kier molecular flexibility index (Phi) is 9.26. The summed E-state index contributed by atoms with van der Waals surface area (Å²) in [5.41, 5.74) is 4.04. The van der Waals surface area contributed by atoms with Gasteiger partial charge in [0, 0.05) is 48.3 Å². The first-order valence-corrected chi connectivity index (χ1v) is 16.2. The average Bonchev–Trinajstić information content (AvgIpc) is 3.16. The molecule has 44 heavy (non-hydrogen) atoms. The van der Waals surface area contributed by atoms with Crippen LogP contribution in [0.2, 0.25) is 5.02 Å². The van der Waals surface area contributed by atoms with Crippen molar-refractivity contribution in [1.29, 1.82) is 0 Å². The van der Waals surface area contributed by atoms with Crippen molar-refractivity contribution < 1.29 is 24.1 Å². The van der Waals surface area contributed by atoms with Crippen molar-refractivity contribution in [1.82, 2.24) is 9.88 Å². The van der Waals surface area contributed by atoms with Gasteiger partial charge in [0.1, 0.15) is 11.9 Å². The third-order valence-electron chi connectivity index (χ3n) is 9.27. The summed E-state index contributed by atoms with van der Waals surface area (Å²) in [5, 5.41) is 12.0. The molecule has 1 N–H and O–H groups in total. The normalized spacial score (nSPS) is 19.6. The summed E-state index contributed by atoms with van der Waals surface area (Å²) in [4.78, 5) is 20.0. The Morgan fingerprint density at radius 1 is 1.16 bits per heavy atom. The van der Waals surface area contributed by atoms with E-state index in [4.69, 9.17) is 30.8 Å². The van der Waals surface area contributed by atoms with Crippen molar-refractivity contribution in [2.75, 3.05) is 26.2 Å². The Labute approximate surface area is 264 Å². The summed E-state index contributed by atoms with van der Waals surface area (Å²) in [6, 6.07) is 17.4. The molecule has 0 radical (unpaired) electrons. The van der Waals surface area contributed by atoms with E-state index in [2.05, 4.69) is 17.0 Å². The van der Waals surface area contributed by atoms with Crippen LogP contribution in [0, 0.1) is 0 Å². The van der Waals surface area contributed by atoms with E-state index in [0.717, 1.165) is 66.7 Å². The lowest BCUT2D eigenvalue weighted by molar-refractivity contribution is -0.144. The number of carbonyl (C=O) groups is 1. The van der Waals surface area contributed by atoms with Gasteiger partial charge in [-0.05, 0) is 93.3 Å². The van der Waals surface area contributed by atoms with Crippen LogP contribution in [0.1, 0.15) is 80.5 Å². The number of piperidine rings is 1. The summed E-state index contributed by atoms with van der Waals surface area (Å²) in [6.07, 6.45) is 8.58. The lowest BCUT2D eigenvalue weighted by atomic mass is 9.84. The lowest BCUT2D eigenvalue weighted by Gasteiger charge is -2.38. The highest BCUT2D eigenvalue weighted by molar-refractivity contribution is 6.30. The number of benzene rings is 2. The summed E-state index contributed by atoms with van der Waals surface area (Å²) in [7, 11) is 0. The van der Waals surface area contributed by atoms with Crippen LogP contribution >= 0.6 is 11.6 Å². The lowest BCUT2D eigenvalue weighted by Crippen LogP contribution is -2.42. The van der Waals surface area contributed by atoms with Crippen molar-refractivity contribution in [3.05, 3.63) is 87.9 Å². The van der Waals surface area contributed by atoms with Crippen molar-refractivity contribution in [2.45, 2.75) is 76.4 Å². The number of carbonyl (C=O) groups excluding carboxylic acids is 1. The van der Waals surface area contributed by atoms with Crippen molar-refractivity contribution in [3.63, 3.8) is 0 Å². The molecule has 1 aromatic heterocycles. The van der Waals surface area contributed by atoms with Gasteiger partial charge >= 0.3 is 5.97 Å². The summed E-state index contributed by atoms with van der Waals surface area (Å²) >= 11 is 6.06. The molecule has 0 amide bonds. The number of aromatic nitrogens is 1. The molecule has 1 atom stereocenters. The molecule has 1 unspecified atom stereocenters. The number of allylic oxidation sites excluding steroid dienone is 1. The maximum absolute atomic E-state index is 12.8. The van der Waals surface area contributed by atoms with E-state index in [0.29, 0.717) is 48.4 Å². The molecule has 232 valence electrons. The van der Waals surface area contributed by atoms with Crippen molar-refractivity contribution in [3.8, 4) is 17.5 Å². The molecule has 2 aliphatic heterocycles. The van der Waals surface area contributed by atoms with Gasteiger partial charge in [-0.2, -0.15) is 4.98 Å². The Morgan fingerprint density at radius 3 is 2.64 bits per heavy atom. The highest BCUT2D eigenvalue weighted by Gasteiger charge is 2.34. The quantitative estimate of drug-likeness (QED) is 0.250. The van der Waals surface area contributed by atoms with Gasteiger partial charge in [0.05, 0.1) is 18.1 Å². The van der Waals surface area contributed by atoms with Crippen LogP contribution in [0.15, 0.2) is 60.7 Å². The minimum atomic E-state index is -0.822. The first kappa shape index (κ1) is 30.6. The molecule has 6 rings (SSSR count). The van der Waals surface area contributed by atoms with Crippen molar-refractivity contribution >= 4 is 23.1 Å². The van der Waals surface area contributed by atoms with Gasteiger partial charge in [-0.1, -0.05) is 41.9 Å². The largest absolute Gasteiger partial charge is 0.474 e. The topological polar surface area (TPSA) is 81.1 Å². The highest BCUT2D eigenvalue weighted by atomic mass is 35.5. The van der Waals surface area contributed by atoms with E-state index in [9.17, 15) is 9.90 Å². The number of fused-ring (bicyclic) bond motifs is 2. The predicted octanol–water partition coefficient (Wildman–Crippen LogP) is 7.44. The Bertz CT molecular complexity index is 1510. The number of nitrogens with zero attached hydrogens (tertiary/aromatic N) is 2. The minimum absolute atomic E-state index is 0.215. The standard InChI is InChI=1S/C36H41ClN2O5/c1-3-42-35(40)24(2)29-10-5-11-32-31(29)23-25(30-16-17-33(38-34(30)44-32)43-28-8-4-9-28)7-6-20-39-21-18-36(41,19-22-39)26-12-14-27(37)15-13-26/h5,7,10-17,24,28,41H,3-4,6,8-9,18-23H2,1-2H3. The zero-order valence-corrected chi connectivity index (χ0v) is 26.3. The van der Waals surface area contributed by atoms with E-state index in [1.807, 2.05) is 62.4 Å². The van der Waals surface area contributed by atoms with E-state index in [1.165, 1.54) is 6.42 Å². The SMILES string of the molecule is CCOC(=O)C(C)c1cccc2c1CC(=CCCN1CCC(O)(c3ccc(Cl)cc3)CC1)c1ccc(OC3CCC3)nc1O2. The molecule has 3 heterocycles. The molecule has 1 saturated carbocycles. The summed E-state index contributed by atoms with van der Waals surface area (Å²) in [5.74, 6) is 1.14. The molecule has 0 spiro atoms. The fraction of sp³-hybridized carbons (Fsp3) is 0.444. The number of hydrogen-bond donors (Lipinski definition) is 1. The van der Waals surface area contributed by atoms with E-state index in [1.54, 1.807) is 0 Å². The van der Waals surface area contributed by atoms with Crippen molar-refractivity contribution in [2.24, 2.45) is 0 Å². The third kappa shape index (κ3) is 6.65. The maximum Gasteiger partial charge on any atom is 0.313 e. The van der Waals surface area contributed by atoms with Crippen LogP contribution in [0.5, 0.6) is 17.5 Å². The fourth-order valence-electron chi connectivity index (χ4n) is 6.33. The fourth-order valence-corrected chi connectivity index (χ4v) is 6.45. The maximum atomic E-state index is 12.8. The number of pyridine rings is 1. The van der Waals surface area contributed by atoms with Crippen LogP contribution in [0.3, 0.4) is 0 Å². The predicted molar refractivity (Wildman–Crippen MR) is 171 cm³/mol. The first-order valence-electron chi connectivity index (χ1n) is 15.9. The average molecular weight is 617 g/mol. The van der Waals surface area contributed by atoms with Gasteiger partial charge < -0.3 is 24.2 Å². The first-order chi connectivity index (χ1) is 21.3. The Hall–Kier alpha value is -3.39. The van der Waals surface area contributed by atoms with Gasteiger partial charge in [-0.25, -0.2) is 0 Å². The third-order valence-corrected chi connectivity index (χ3v) is 9.52. The summed E-state index contributed by atoms with van der Waals surface area (Å²) < 4.78 is 18.0. The highest BCUT2D eigenvalue weighted by Crippen LogP contribution is 2.42. The van der Waals surface area contributed by atoms with E-state index >= 15 is 0 Å². The Morgan fingerprint density at radius 2 is 1.93 bits per heavy atom. The van der Waals surface area contributed by atoms with Gasteiger partial charge in [0.25, 0.3) is 0 Å². The number of rotatable bonds is 9. The number of ether oxygens (including phenoxy) is 3. The number of likely N-dealkylation sites (tertiary alicyclic amines) is 1. The molecule has 2 fully saturated rings. The summed E-state index contributed by atoms with van der Waals surface area (Å²) in [6.45, 7) is 6.56. The molecule has 8 heteroatoms. The number of esters is 1. The number of aliphatic hydroxyl groups is 1. The monoisotopic (exact) mass is 616 g/mol. The zero-order valence-electron chi connectivity index (χ0n) is 25.6. The molecule has 0 bridgehead atoms. The van der Waals surface area contributed by atoms with Crippen LogP contribution in [0.25, 0.3) is 5.57 Å². The van der Waals surface area contributed by atoms with Gasteiger partial charge in [0.2, 0.25) is 11.8 Å². The smallest absolute Gasteiger partial charge is 0.313 e. The molecular formula is C36H41ClN2O5. The zero-order chi connectivity index (χ0) is 30.7. The molecular weight excluding hydrogens is 576 g/mol. The molecule has 3 aliphatic rings. The molecule has 2 aromatic carbocycles. The number of halogens is 1.